The van der Waals surface area contributed by atoms with Gasteiger partial charge in [-0.2, -0.15) is 0 Å². The lowest BCUT2D eigenvalue weighted by molar-refractivity contribution is -0.141. The van der Waals surface area contributed by atoms with E-state index >= 15 is 0 Å². The van der Waals surface area contributed by atoms with Crippen LogP contribution in [0.3, 0.4) is 0 Å². The number of nitrogens with one attached hydrogen (secondary N) is 1. The highest BCUT2D eigenvalue weighted by atomic mass is 19.1. The molecule has 0 aromatic heterocycles. The van der Waals surface area contributed by atoms with E-state index in [0.29, 0.717) is 25.3 Å². The summed E-state index contributed by atoms with van der Waals surface area (Å²) in [6.07, 6.45) is 1.54. The molecule has 22 heavy (non-hydrogen) atoms. The third kappa shape index (κ3) is 3.66. The van der Waals surface area contributed by atoms with Gasteiger partial charge >= 0.3 is 5.97 Å². The van der Waals surface area contributed by atoms with Gasteiger partial charge in [0.05, 0.1) is 5.56 Å². The smallest absolute Gasteiger partial charge is 0.326 e. The molecule has 0 spiro atoms. The number of hydrogen-bond donors (Lipinski definition) is 2. The van der Waals surface area contributed by atoms with E-state index in [1.807, 2.05) is 0 Å². The molecule has 1 fully saturated rings. The fraction of sp³-hybridized carbons (Fsp3) is 0.400. The minimum Gasteiger partial charge on any atom is -0.480 e. The lowest BCUT2D eigenvalue weighted by atomic mass is 9.83. The predicted molar refractivity (Wildman–Crippen MR) is 72.2 cm³/mol. The summed E-state index contributed by atoms with van der Waals surface area (Å²) in [7, 11) is 0. The lowest BCUT2D eigenvalue weighted by Crippen LogP contribution is -2.47. The average Bonchev–Trinajstić information content (AvgIpc) is 2.44. The molecule has 5 nitrogen and oxygen atoms in total. The number of ketones is 1. The molecule has 1 aromatic rings. The minimum absolute atomic E-state index is 0.0512. The van der Waals surface area contributed by atoms with Crippen molar-refractivity contribution >= 4 is 17.7 Å². The Labute approximate surface area is 125 Å². The van der Waals surface area contributed by atoms with Crippen LogP contribution in [0.1, 0.15) is 36.0 Å². The Morgan fingerprint density at radius 1 is 1.32 bits per heavy atom. The number of carboxylic acids is 1. The monoisotopic (exact) mass is 311 g/mol. The molecule has 1 saturated carbocycles. The van der Waals surface area contributed by atoms with Gasteiger partial charge in [0.1, 0.15) is 23.5 Å². The van der Waals surface area contributed by atoms with E-state index in [4.69, 9.17) is 0 Å². The fourth-order valence-electron chi connectivity index (χ4n) is 2.62. The molecule has 0 radical (unpaired) electrons. The van der Waals surface area contributed by atoms with E-state index in [2.05, 4.69) is 5.32 Å². The number of rotatable bonds is 4. The summed E-state index contributed by atoms with van der Waals surface area (Å²) >= 11 is 0. The van der Waals surface area contributed by atoms with Crippen molar-refractivity contribution in [2.75, 3.05) is 0 Å². The van der Waals surface area contributed by atoms with Crippen LogP contribution in [0.5, 0.6) is 0 Å². The van der Waals surface area contributed by atoms with Crippen LogP contribution in [0.2, 0.25) is 0 Å². The van der Waals surface area contributed by atoms with Crippen LogP contribution >= 0.6 is 0 Å². The Morgan fingerprint density at radius 2 is 2.05 bits per heavy atom. The molecule has 2 rings (SSSR count). The van der Waals surface area contributed by atoms with Crippen LogP contribution < -0.4 is 5.32 Å². The van der Waals surface area contributed by atoms with E-state index in [0.717, 1.165) is 12.1 Å². The van der Waals surface area contributed by atoms with Crippen LogP contribution in [0.15, 0.2) is 18.2 Å². The first-order valence-corrected chi connectivity index (χ1v) is 6.89. The van der Waals surface area contributed by atoms with E-state index in [1.54, 1.807) is 0 Å². The Morgan fingerprint density at radius 3 is 2.64 bits per heavy atom. The third-order valence-corrected chi connectivity index (χ3v) is 3.72. The van der Waals surface area contributed by atoms with Gasteiger partial charge in [-0.15, -0.1) is 0 Å². The minimum atomic E-state index is -1.28. The summed E-state index contributed by atoms with van der Waals surface area (Å²) in [5.41, 5.74) is -0.435. The van der Waals surface area contributed by atoms with Crippen molar-refractivity contribution in [1.82, 2.24) is 5.32 Å². The summed E-state index contributed by atoms with van der Waals surface area (Å²) in [5.74, 6) is -4.70. The van der Waals surface area contributed by atoms with Gasteiger partial charge in [0.2, 0.25) is 0 Å². The number of carbonyl (C=O) groups is 3. The Kier molecular flexibility index (Phi) is 4.85. The third-order valence-electron chi connectivity index (χ3n) is 3.72. The van der Waals surface area contributed by atoms with Gasteiger partial charge in [-0.1, -0.05) is 0 Å². The van der Waals surface area contributed by atoms with E-state index in [1.165, 1.54) is 0 Å². The van der Waals surface area contributed by atoms with Gasteiger partial charge in [-0.05, 0) is 30.9 Å². The normalized spacial score (nSPS) is 19.5. The number of hydrogen-bond acceptors (Lipinski definition) is 3. The molecule has 0 bridgehead atoms. The highest BCUT2D eigenvalue weighted by molar-refractivity contribution is 5.97. The number of halogens is 2. The highest BCUT2D eigenvalue weighted by Gasteiger charge is 2.33. The molecule has 1 aliphatic rings. The summed E-state index contributed by atoms with van der Waals surface area (Å²) in [4.78, 5) is 34.8. The van der Waals surface area contributed by atoms with Crippen molar-refractivity contribution in [2.45, 2.75) is 31.7 Å². The zero-order valence-corrected chi connectivity index (χ0v) is 11.6. The second-order valence-corrected chi connectivity index (χ2v) is 5.31. The molecular weight excluding hydrogens is 296 g/mol. The molecule has 0 saturated heterocycles. The fourth-order valence-corrected chi connectivity index (χ4v) is 2.62. The average molecular weight is 311 g/mol. The van der Waals surface area contributed by atoms with E-state index in [9.17, 15) is 28.3 Å². The molecule has 7 heteroatoms. The number of amides is 1. The maximum Gasteiger partial charge on any atom is 0.326 e. The summed E-state index contributed by atoms with van der Waals surface area (Å²) in [6, 6.07) is 1.14. The molecule has 118 valence electrons. The number of benzene rings is 1. The first-order valence-electron chi connectivity index (χ1n) is 6.89. The number of carboxylic acid groups (broad SMARTS) is 1. The number of aliphatic carboxylic acids is 1. The molecule has 1 aromatic carbocycles. The Hall–Kier alpha value is -2.31. The first-order chi connectivity index (χ1) is 10.4. The predicted octanol–water partition coefficient (Wildman–Crippen LogP) is 1.91. The van der Waals surface area contributed by atoms with E-state index in [-0.39, 0.29) is 12.2 Å². The largest absolute Gasteiger partial charge is 0.480 e. The Bertz CT molecular complexity index is 618. The summed E-state index contributed by atoms with van der Waals surface area (Å²) < 4.78 is 26.4. The van der Waals surface area contributed by atoms with Crippen molar-refractivity contribution in [3.8, 4) is 0 Å². The van der Waals surface area contributed by atoms with Crippen LogP contribution in [0, 0.1) is 17.6 Å². The number of Topliss-reactive ketones (excluding diaryl/α,β-unsaturated/α-hetero) is 1. The van der Waals surface area contributed by atoms with Crippen LogP contribution in [-0.2, 0) is 9.59 Å². The number of carbonyl (C=O) groups excluding carboxylic acids is 2. The SMILES string of the molecule is O=C1CCC[C@H]([C@H](NC(=O)c2ccc(F)cc2F)C(=O)O)C1. The summed E-state index contributed by atoms with van der Waals surface area (Å²) in [5, 5.41) is 11.5. The standard InChI is InChI=1S/C15H15F2NO4/c16-9-4-5-11(12(17)7-9)14(20)18-13(15(21)22)8-2-1-3-10(19)6-8/h4-5,7-8,13H,1-3,6H2,(H,18,20)(H,21,22)/t8-,13-/m0/s1. The van der Waals surface area contributed by atoms with Crippen LogP contribution in [0.25, 0.3) is 0 Å². The maximum absolute atomic E-state index is 13.6. The quantitative estimate of drug-likeness (QED) is 0.889. The molecule has 1 aliphatic carbocycles. The first kappa shape index (κ1) is 16.1. The van der Waals surface area contributed by atoms with E-state index < -0.39 is 41.0 Å². The Balaban J connectivity index is 2.15. The molecule has 0 unspecified atom stereocenters. The van der Waals surface area contributed by atoms with Crippen molar-refractivity contribution in [1.29, 1.82) is 0 Å². The van der Waals surface area contributed by atoms with Crippen LogP contribution in [0.4, 0.5) is 8.78 Å². The van der Waals surface area contributed by atoms with Gasteiger partial charge in [0.15, 0.2) is 0 Å². The molecule has 1 amide bonds. The topological polar surface area (TPSA) is 83.5 Å². The van der Waals surface area contributed by atoms with Gasteiger partial charge in [-0.25, -0.2) is 13.6 Å². The molecular formula is C15H15F2NO4. The van der Waals surface area contributed by atoms with Gasteiger partial charge in [0.25, 0.3) is 5.91 Å². The highest BCUT2D eigenvalue weighted by Crippen LogP contribution is 2.25. The second-order valence-electron chi connectivity index (χ2n) is 5.31. The molecule has 2 N–H and O–H groups in total. The molecule has 0 aliphatic heterocycles. The lowest BCUT2D eigenvalue weighted by Gasteiger charge is -2.27. The summed E-state index contributed by atoms with van der Waals surface area (Å²) in [6.45, 7) is 0. The van der Waals surface area contributed by atoms with Gasteiger partial charge in [-0.3, -0.25) is 9.59 Å². The second kappa shape index (κ2) is 6.64. The maximum atomic E-state index is 13.6. The zero-order valence-electron chi connectivity index (χ0n) is 11.6. The van der Waals surface area contributed by atoms with Crippen molar-refractivity contribution in [3.05, 3.63) is 35.4 Å². The van der Waals surface area contributed by atoms with Crippen molar-refractivity contribution in [3.63, 3.8) is 0 Å². The molecule has 0 heterocycles. The van der Waals surface area contributed by atoms with Gasteiger partial charge in [0, 0.05) is 18.9 Å². The van der Waals surface area contributed by atoms with Gasteiger partial charge < -0.3 is 10.4 Å². The molecule has 2 atom stereocenters. The van der Waals surface area contributed by atoms with Crippen LogP contribution in [-0.4, -0.2) is 28.8 Å². The van der Waals surface area contributed by atoms with Crippen molar-refractivity contribution in [2.24, 2.45) is 5.92 Å². The van der Waals surface area contributed by atoms with Crippen molar-refractivity contribution < 1.29 is 28.3 Å². The zero-order chi connectivity index (χ0) is 16.3.